The van der Waals surface area contributed by atoms with E-state index in [0.717, 1.165) is 30.7 Å². The number of carbonyl (C=O) groups is 1. The number of thioether (sulfide) groups is 1. The number of aryl methyl sites for hydroxylation is 1. The zero-order chi connectivity index (χ0) is 21.8. The zero-order valence-corrected chi connectivity index (χ0v) is 18.7. The predicted molar refractivity (Wildman–Crippen MR) is 125 cm³/mol. The van der Waals surface area contributed by atoms with Crippen LogP contribution in [0.2, 0.25) is 0 Å². The first-order valence-corrected chi connectivity index (χ1v) is 11.7. The highest BCUT2D eigenvalue weighted by molar-refractivity contribution is 7.99. The SMILES string of the molecule is CCN(C(=O)CSc1nc2ccccc2c(=O)n1CC1CCCO1)c1cccc(C)c1. The fraction of sp³-hybridized carbons (Fsp3) is 0.375. The van der Waals surface area contributed by atoms with Crippen molar-refractivity contribution in [3.8, 4) is 0 Å². The maximum Gasteiger partial charge on any atom is 0.262 e. The Kier molecular flexibility index (Phi) is 6.73. The van der Waals surface area contributed by atoms with Gasteiger partial charge in [0.15, 0.2) is 5.16 Å². The number of rotatable bonds is 7. The Bertz CT molecular complexity index is 1140. The van der Waals surface area contributed by atoms with Crippen LogP contribution < -0.4 is 10.5 Å². The third kappa shape index (κ3) is 4.83. The minimum atomic E-state index is -0.0814. The number of para-hydroxylation sites is 1. The number of aromatic nitrogens is 2. The first-order valence-electron chi connectivity index (χ1n) is 10.7. The van der Waals surface area contributed by atoms with Crippen LogP contribution in [0.15, 0.2) is 58.5 Å². The minimum absolute atomic E-state index is 0.00940. The summed E-state index contributed by atoms with van der Waals surface area (Å²) in [6.45, 7) is 5.74. The van der Waals surface area contributed by atoms with Gasteiger partial charge in [-0.3, -0.25) is 14.2 Å². The van der Waals surface area contributed by atoms with Crippen LogP contribution in [0.3, 0.4) is 0 Å². The number of ether oxygens (including phenoxy) is 1. The summed E-state index contributed by atoms with van der Waals surface area (Å²) < 4.78 is 7.44. The third-order valence-electron chi connectivity index (χ3n) is 5.49. The van der Waals surface area contributed by atoms with Gasteiger partial charge in [-0.15, -0.1) is 0 Å². The van der Waals surface area contributed by atoms with Crippen molar-refractivity contribution in [2.45, 2.75) is 44.5 Å². The number of anilines is 1. The molecule has 1 unspecified atom stereocenters. The molecule has 2 aromatic carbocycles. The number of nitrogens with zero attached hydrogens (tertiary/aromatic N) is 3. The van der Waals surface area contributed by atoms with E-state index in [-0.39, 0.29) is 23.3 Å². The Morgan fingerprint density at radius 1 is 1.26 bits per heavy atom. The van der Waals surface area contributed by atoms with E-state index in [4.69, 9.17) is 9.72 Å². The molecule has 1 aromatic heterocycles. The Labute approximate surface area is 186 Å². The van der Waals surface area contributed by atoms with Crippen LogP contribution in [0.4, 0.5) is 5.69 Å². The van der Waals surface area contributed by atoms with Crippen molar-refractivity contribution in [3.63, 3.8) is 0 Å². The van der Waals surface area contributed by atoms with Gasteiger partial charge in [0.1, 0.15) is 0 Å². The summed E-state index contributed by atoms with van der Waals surface area (Å²) in [4.78, 5) is 32.7. The van der Waals surface area contributed by atoms with Gasteiger partial charge < -0.3 is 9.64 Å². The zero-order valence-electron chi connectivity index (χ0n) is 17.9. The van der Waals surface area contributed by atoms with E-state index in [0.29, 0.717) is 29.1 Å². The molecule has 1 amide bonds. The summed E-state index contributed by atoms with van der Waals surface area (Å²) >= 11 is 1.32. The van der Waals surface area contributed by atoms with Gasteiger partial charge in [0.25, 0.3) is 5.56 Å². The number of fused-ring (bicyclic) bond motifs is 1. The van der Waals surface area contributed by atoms with E-state index in [1.165, 1.54) is 11.8 Å². The molecule has 0 bridgehead atoms. The lowest BCUT2D eigenvalue weighted by Crippen LogP contribution is -2.33. The Morgan fingerprint density at radius 2 is 2.10 bits per heavy atom. The lowest BCUT2D eigenvalue weighted by Gasteiger charge is -2.22. The van der Waals surface area contributed by atoms with Crippen LogP contribution in [0, 0.1) is 6.92 Å². The van der Waals surface area contributed by atoms with Gasteiger partial charge in [-0.2, -0.15) is 0 Å². The molecule has 0 saturated carbocycles. The second-order valence-corrected chi connectivity index (χ2v) is 8.67. The largest absolute Gasteiger partial charge is 0.376 e. The molecule has 6 nitrogen and oxygen atoms in total. The van der Waals surface area contributed by atoms with Crippen molar-refractivity contribution in [2.75, 3.05) is 23.8 Å². The Balaban J connectivity index is 1.60. The molecule has 162 valence electrons. The van der Waals surface area contributed by atoms with Crippen LogP contribution >= 0.6 is 11.8 Å². The van der Waals surface area contributed by atoms with Crippen LogP contribution in [-0.2, 0) is 16.1 Å². The van der Waals surface area contributed by atoms with Crippen molar-refractivity contribution in [1.29, 1.82) is 0 Å². The van der Waals surface area contributed by atoms with Crippen LogP contribution in [0.25, 0.3) is 10.9 Å². The first-order chi connectivity index (χ1) is 15.1. The molecule has 2 heterocycles. The molecule has 0 spiro atoms. The summed E-state index contributed by atoms with van der Waals surface area (Å²) in [5.41, 5.74) is 2.56. The molecule has 7 heteroatoms. The highest BCUT2D eigenvalue weighted by Crippen LogP contribution is 2.23. The molecular weight excluding hydrogens is 410 g/mol. The topological polar surface area (TPSA) is 64.4 Å². The maximum atomic E-state index is 13.2. The van der Waals surface area contributed by atoms with E-state index >= 15 is 0 Å². The van der Waals surface area contributed by atoms with Crippen molar-refractivity contribution < 1.29 is 9.53 Å². The number of benzene rings is 2. The van der Waals surface area contributed by atoms with Gasteiger partial charge in [-0.1, -0.05) is 36.0 Å². The fourth-order valence-electron chi connectivity index (χ4n) is 3.91. The number of hydrogen-bond donors (Lipinski definition) is 0. The molecule has 1 aliphatic rings. The second kappa shape index (κ2) is 9.66. The number of amides is 1. The average Bonchev–Trinajstić information content (AvgIpc) is 3.28. The van der Waals surface area contributed by atoms with Gasteiger partial charge >= 0.3 is 0 Å². The summed E-state index contributed by atoms with van der Waals surface area (Å²) in [5, 5.41) is 1.15. The molecule has 1 saturated heterocycles. The number of carbonyl (C=O) groups excluding carboxylic acids is 1. The average molecular weight is 438 g/mol. The molecule has 0 aliphatic carbocycles. The van der Waals surface area contributed by atoms with E-state index < -0.39 is 0 Å². The number of hydrogen-bond acceptors (Lipinski definition) is 5. The lowest BCUT2D eigenvalue weighted by molar-refractivity contribution is -0.116. The van der Waals surface area contributed by atoms with E-state index in [1.54, 1.807) is 15.5 Å². The van der Waals surface area contributed by atoms with Crippen LogP contribution in [-0.4, -0.2) is 40.5 Å². The van der Waals surface area contributed by atoms with Crippen molar-refractivity contribution in [1.82, 2.24) is 9.55 Å². The van der Waals surface area contributed by atoms with E-state index in [1.807, 2.05) is 56.3 Å². The molecule has 31 heavy (non-hydrogen) atoms. The van der Waals surface area contributed by atoms with E-state index in [9.17, 15) is 9.59 Å². The van der Waals surface area contributed by atoms with E-state index in [2.05, 4.69) is 0 Å². The first kappa shape index (κ1) is 21.6. The smallest absolute Gasteiger partial charge is 0.262 e. The lowest BCUT2D eigenvalue weighted by atomic mass is 10.2. The molecular formula is C24H27N3O3S. The third-order valence-corrected chi connectivity index (χ3v) is 6.45. The highest BCUT2D eigenvalue weighted by atomic mass is 32.2. The Morgan fingerprint density at radius 3 is 2.84 bits per heavy atom. The summed E-state index contributed by atoms with van der Waals surface area (Å²) in [7, 11) is 0. The normalized spacial score (nSPS) is 16.0. The summed E-state index contributed by atoms with van der Waals surface area (Å²) in [5.74, 6) is 0.196. The molecule has 1 atom stereocenters. The minimum Gasteiger partial charge on any atom is -0.376 e. The van der Waals surface area contributed by atoms with Gasteiger partial charge in [0.2, 0.25) is 5.91 Å². The van der Waals surface area contributed by atoms with Crippen molar-refractivity contribution in [2.24, 2.45) is 0 Å². The molecule has 1 fully saturated rings. The Hall–Kier alpha value is -2.64. The highest BCUT2D eigenvalue weighted by Gasteiger charge is 2.21. The fourth-order valence-corrected chi connectivity index (χ4v) is 4.80. The standard InChI is InChI=1S/C24H27N3O3S/c1-3-26(18-9-6-8-17(2)14-18)22(28)16-31-24-25-21-12-5-4-11-20(21)23(29)27(24)15-19-10-7-13-30-19/h4-6,8-9,11-12,14,19H,3,7,10,13,15-16H2,1-2H3. The van der Waals surface area contributed by atoms with Crippen LogP contribution in [0.1, 0.15) is 25.3 Å². The van der Waals surface area contributed by atoms with Gasteiger partial charge in [0.05, 0.1) is 29.3 Å². The monoisotopic (exact) mass is 437 g/mol. The summed E-state index contributed by atoms with van der Waals surface area (Å²) in [6.07, 6.45) is 1.94. The molecule has 0 N–H and O–H groups in total. The molecule has 1 aliphatic heterocycles. The molecule has 4 rings (SSSR count). The van der Waals surface area contributed by atoms with Gasteiger partial charge in [-0.25, -0.2) is 4.98 Å². The van der Waals surface area contributed by atoms with Crippen molar-refractivity contribution >= 4 is 34.3 Å². The second-order valence-electron chi connectivity index (χ2n) is 7.73. The van der Waals surface area contributed by atoms with Crippen LogP contribution in [0.5, 0.6) is 0 Å². The molecule has 0 radical (unpaired) electrons. The molecule has 3 aromatic rings. The maximum absolute atomic E-state index is 13.2. The van der Waals surface area contributed by atoms with Gasteiger partial charge in [0, 0.05) is 18.8 Å². The predicted octanol–water partition coefficient (Wildman–Crippen LogP) is 4.03. The van der Waals surface area contributed by atoms with Crippen molar-refractivity contribution in [3.05, 3.63) is 64.4 Å². The quantitative estimate of drug-likeness (QED) is 0.412. The van der Waals surface area contributed by atoms with Gasteiger partial charge in [-0.05, 0) is 56.5 Å². The summed E-state index contributed by atoms with van der Waals surface area (Å²) in [6, 6.07) is 15.3.